The van der Waals surface area contributed by atoms with Crippen molar-refractivity contribution in [1.29, 1.82) is 0 Å². The van der Waals surface area contributed by atoms with Gasteiger partial charge in [0.25, 0.3) is 0 Å². The predicted molar refractivity (Wildman–Crippen MR) is 123 cm³/mol. The fourth-order valence-corrected chi connectivity index (χ4v) is 3.80. The molecule has 170 valence electrons. The van der Waals surface area contributed by atoms with E-state index < -0.39 is 6.04 Å². The molecule has 8 nitrogen and oxygen atoms in total. The average Bonchev–Trinajstić information content (AvgIpc) is 2.79. The number of benzene rings is 2. The largest absolute Gasteiger partial charge is 0.496 e. The Morgan fingerprint density at radius 2 is 1.69 bits per heavy atom. The minimum absolute atomic E-state index is 0.0581. The Hall–Kier alpha value is -3.55. The molecule has 1 fully saturated rings. The van der Waals surface area contributed by atoms with Crippen LogP contribution in [0.15, 0.2) is 54.6 Å². The molecule has 2 aromatic carbocycles. The van der Waals surface area contributed by atoms with Gasteiger partial charge in [-0.25, -0.2) is 4.79 Å². The number of nitrogens with one attached hydrogen (secondary N) is 3. The first kappa shape index (κ1) is 23.1. The zero-order chi connectivity index (χ0) is 22.9. The fraction of sp³-hybridized carbons (Fsp3) is 0.375. The highest BCUT2D eigenvalue weighted by molar-refractivity contribution is 5.89. The van der Waals surface area contributed by atoms with Crippen LogP contribution in [-0.4, -0.2) is 55.0 Å². The van der Waals surface area contributed by atoms with Gasteiger partial charge in [-0.05, 0) is 36.6 Å². The van der Waals surface area contributed by atoms with Gasteiger partial charge < -0.3 is 25.6 Å². The lowest BCUT2D eigenvalue weighted by atomic mass is 10.0. The lowest BCUT2D eigenvalue weighted by molar-refractivity contribution is -0.128. The summed E-state index contributed by atoms with van der Waals surface area (Å²) in [5.74, 6) is 0.166. The van der Waals surface area contributed by atoms with E-state index in [1.807, 2.05) is 54.6 Å². The Labute approximate surface area is 188 Å². The van der Waals surface area contributed by atoms with E-state index >= 15 is 0 Å². The molecule has 3 rings (SSSR count). The van der Waals surface area contributed by atoms with Crippen LogP contribution in [-0.2, 0) is 16.0 Å². The summed E-state index contributed by atoms with van der Waals surface area (Å²) in [5, 5.41) is 8.67. The zero-order valence-corrected chi connectivity index (χ0v) is 18.5. The summed E-state index contributed by atoms with van der Waals surface area (Å²) in [6.45, 7) is 2.48. The smallest absolute Gasteiger partial charge is 0.321 e. The number of carbonyl (C=O) groups excluding carboxylic acids is 3. The summed E-state index contributed by atoms with van der Waals surface area (Å²) in [6.07, 6.45) is 1.62. The van der Waals surface area contributed by atoms with E-state index in [0.29, 0.717) is 38.1 Å². The molecule has 0 radical (unpaired) electrons. The highest BCUT2D eigenvalue weighted by atomic mass is 16.5. The predicted octanol–water partition coefficient (Wildman–Crippen LogP) is 2.56. The summed E-state index contributed by atoms with van der Waals surface area (Å²) >= 11 is 0. The number of hydrogen-bond donors (Lipinski definition) is 3. The van der Waals surface area contributed by atoms with Crippen molar-refractivity contribution in [3.05, 3.63) is 60.2 Å². The quantitative estimate of drug-likeness (QED) is 0.619. The first-order valence-corrected chi connectivity index (χ1v) is 10.8. The number of para-hydroxylation sites is 2. The van der Waals surface area contributed by atoms with Crippen LogP contribution >= 0.6 is 0 Å². The minimum Gasteiger partial charge on any atom is -0.496 e. The molecule has 4 amide bonds. The summed E-state index contributed by atoms with van der Waals surface area (Å²) in [5.41, 5.74) is 1.60. The molecule has 1 heterocycles. The number of amides is 4. The van der Waals surface area contributed by atoms with Gasteiger partial charge in [-0.2, -0.15) is 0 Å². The monoisotopic (exact) mass is 438 g/mol. The molecule has 0 spiro atoms. The van der Waals surface area contributed by atoms with Gasteiger partial charge in [0, 0.05) is 38.2 Å². The van der Waals surface area contributed by atoms with E-state index in [2.05, 4.69) is 16.0 Å². The van der Waals surface area contributed by atoms with Gasteiger partial charge in [0.15, 0.2) is 0 Å². The van der Waals surface area contributed by atoms with Crippen molar-refractivity contribution >= 4 is 23.5 Å². The van der Waals surface area contributed by atoms with Crippen LogP contribution in [0.5, 0.6) is 5.75 Å². The number of nitrogens with zero attached hydrogens (tertiary/aromatic N) is 1. The molecular weight excluding hydrogens is 408 g/mol. The van der Waals surface area contributed by atoms with E-state index in [1.165, 1.54) is 6.92 Å². The summed E-state index contributed by atoms with van der Waals surface area (Å²) in [4.78, 5) is 38.8. The molecule has 32 heavy (non-hydrogen) atoms. The number of rotatable bonds is 7. The Balaban J connectivity index is 1.54. The van der Waals surface area contributed by atoms with Crippen molar-refractivity contribution in [3.8, 4) is 5.75 Å². The summed E-state index contributed by atoms with van der Waals surface area (Å²) in [6, 6.07) is 15.8. The average molecular weight is 439 g/mol. The molecule has 1 aliphatic rings. The van der Waals surface area contributed by atoms with Gasteiger partial charge >= 0.3 is 6.03 Å². The molecule has 1 aliphatic heterocycles. The summed E-state index contributed by atoms with van der Waals surface area (Å²) in [7, 11) is 1.58. The SMILES string of the molecule is COc1ccccc1C[C@@H](NC(C)=O)C(=O)NC1CCN(C(=O)Nc2ccccc2)CC1. The van der Waals surface area contributed by atoms with Crippen molar-refractivity contribution in [1.82, 2.24) is 15.5 Å². The Bertz CT molecular complexity index is 927. The number of anilines is 1. The highest BCUT2D eigenvalue weighted by Crippen LogP contribution is 2.19. The van der Waals surface area contributed by atoms with Crippen molar-refractivity contribution in [2.75, 3.05) is 25.5 Å². The maximum absolute atomic E-state index is 12.9. The zero-order valence-electron chi connectivity index (χ0n) is 18.5. The summed E-state index contributed by atoms with van der Waals surface area (Å²) < 4.78 is 5.37. The molecule has 3 N–H and O–H groups in total. The molecule has 1 saturated heterocycles. The third-order valence-electron chi connectivity index (χ3n) is 5.46. The second-order valence-corrected chi connectivity index (χ2v) is 7.84. The van der Waals surface area contributed by atoms with Gasteiger partial charge in [-0.3, -0.25) is 9.59 Å². The van der Waals surface area contributed by atoms with Crippen molar-refractivity contribution in [3.63, 3.8) is 0 Å². The third kappa shape index (κ3) is 6.47. The first-order chi connectivity index (χ1) is 15.5. The Morgan fingerprint density at radius 1 is 1.03 bits per heavy atom. The molecular formula is C24H30N4O4. The first-order valence-electron chi connectivity index (χ1n) is 10.8. The maximum Gasteiger partial charge on any atom is 0.321 e. The van der Waals surface area contributed by atoms with Gasteiger partial charge in [0.1, 0.15) is 11.8 Å². The van der Waals surface area contributed by atoms with Gasteiger partial charge in [-0.1, -0.05) is 36.4 Å². The van der Waals surface area contributed by atoms with E-state index in [0.717, 1.165) is 11.3 Å². The molecule has 0 saturated carbocycles. The van der Waals surface area contributed by atoms with Gasteiger partial charge in [0.05, 0.1) is 7.11 Å². The molecule has 1 atom stereocenters. The minimum atomic E-state index is -0.705. The second-order valence-electron chi connectivity index (χ2n) is 7.84. The van der Waals surface area contributed by atoms with Crippen molar-refractivity contribution in [2.45, 2.75) is 38.3 Å². The van der Waals surface area contributed by atoms with Crippen molar-refractivity contribution < 1.29 is 19.1 Å². The van der Waals surface area contributed by atoms with E-state index in [9.17, 15) is 14.4 Å². The number of hydrogen-bond acceptors (Lipinski definition) is 4. The van der Waals surface area contributed by atoms with Crippen LogP contribution in [0.4, 0.5) is 10.5 Å². The Morgan fingerprint density at radius 3 is 2.34 bits per heavy atom. The van der Waals surface area contributed by atoms with Crippen LogP contribution in [0.3, 0.4) is 0 Å². The topological polar surface area (TPSA) is 99.8 Å². The van der Waals surface area contributed by atoms with Crippen LogP contribution in [0.1, 0.15) is 25.3 Å². The second kappa shape index (κ2) is 11.2. The van der Waals surface area contributed by atoms with Crippen LogP contribution < -0.4 is 20.7 Å². The molecule has 0 bridgehead atoms. The van der Waals surface area contributed by atoms with Crippen LogP contribution in [0.2, 0.25) is 0 Å². The standard InChI is InChI=1S/C24H30N4O4/c1-17(29)25-21(16-18-8-6-7-11-22(18)32-2)23(30)26-20-12-14-28(15-13-20)24(31)27-19-9-4-3-5-10-19/h3-11,20-21H,12-16H2,1-2H3,(H,25,29)(H,26,30)(H,27,31)/t21-/m1/s1. The normalized spacial score (nSPS) is 14.9. The molecule has 8 heteroatoms. The van der Waals surface area contributed by atoms with Gasteiger partial charge in [-0.15, -0.1) is 0 Å². The number of piperidine rings is 1. The van der Waals surface area contributed by atoms with E-state index in [1.54, 1.807) is 12.0 Å². The van der Waals surface area contributed by atoms with Crippen molar-refractivity contribution in [2.24, 2.45) is 0 Å². The number of ether oxygens (including phenoxy) is 1. The molecule has 2 aromatic rings. The molecule has 0 aromatic heterocycles. The number of carbonyl (C=O) groups is 3. The van der Waals surface area contributed by atoms with Crippen LogP contribution in [0, 0.1) is 0 Å². The molecule has 0 aliphatic carbocycles. The highest BCUT2D eigenvalue weighted by Gasteiger charge is 2.27. The third-order valence-corrected chi connectivity index (χ3v) is 5.46. The molecule has 0 unspecified atom stereocenters. The van der Waals surface area contributed by atoms with Crippen LogP contribution in [0.25, 0.3) is 0 Å². The fourth-order valence-electron chi connectivity index (χ4n) is 3.80. The lowest BCUT2D eigenvalue weighted by Gasteiger charge is -2.33. The number of methoxy groups -OCH3 is 1. The maximum atomic E-state index is 12.9. The van der Waals surface area contributed by atoms with E-state index in [4.69, 9.17) is 4.74 Å². The number of likely N-dealkylation sites (tertiary alicyclic amines) is 1. The Kier molecular flexibility index (Phi) is 8.08. The lowest BCUT2D eigenvalue weighted by Crippen LogP contribution is -2.53. The number of urea groups is 1. The van der Waals surface area contributed by atoms with Gasteiger partial charge in [0.2, 0.25) is 11.8 Å². The van der Waals surface area contributed by atoms with E-state index in [-0.39, 0.29) is 23.9 Å².